The number of carbonyl (C=O) groups is 1. The van der Waals surface area contributed by atoms with Gasteiger partial charge in [0.2, 0.25) is 0 Å². The number of nitrogens with one attached hydrogen (secondary N) is 1. The van der Waals surface area contributed by atoms with Crippen molar-refractivity contribution in [2.45, 2.75) is 11.8 Å². The molecule has 2 heterocycles. The standard InChI is InChI=1S/C14H11Cl2NOS/c15-11-4-6-19-13(11)12(16)9-2-1-8-3-5-17-14(18)10(8)7-9/h1-2,4,6-7,12H,3,5H2,(H,17,18). The average molecular weight is 312 g/mol. The van der Waals surface area contributed by atoms with E-state index in [1.165, 1.54) is 11.3 Å². The Morgan fingerprint density at radius 2 is 2.16 bits per heavy atom. The molecule has 2 aromatic rings. The SMILES string of the molecule is O=C1NCCc2ccc(C(Cl)c3sccc3Cl)cc21. The summed E-state index contributed by atoms with van der Waals surface area (Å²) in [5.74, 6) is -0.0238. The van der Waals surface area contributed by atoms with Crippen molar-refractivity contribution in [1.29, 1.82) is 0 Å². The normalized spacial score (nSPS) is 15.8. The summed E-state index contributed by atoms with van der Waals surface area (Å²) in [6.45, 7) is 0.701. The minimum Gasteiger partial charge on any atom is -0.352 e. The lowest BCUT2D eigenvalue weighted by Gasteiger charge is -2.18. The highest BCUT2D eigenvalue weighted by Crippen LogP contribution is 2.38. The molecule has 0 aliphatic carbocycles. The number of alkyl halides is 1. The lowest BCUT2D eigenvalue weighted by Crippen LogP contribution is -2.31. The van der Waals surface area contributed by atoms with E-state index in [0.29, 0.717) is 11.6 Å². The third-order valence-corrected chi connectivity index (χ3v) is 5.25. The molecule has 1 unspecified atom stereocenters. The van der Waals surface area contributed by atoms with Gasteiger partial charge in [-0.25, -0.2) is 0 Å². The number of benzene rings is 1. The molecule has 0 fully saturated rings. The van der Waals surface area contributed by atoms with Crippen LogP contribution in [0.2, 0.25) is 5.02 Å². The number of thiophene rings is 1. The zero-order chi connectivity index (χ0) is 13.4. The highest BCUT2D eigenvalue weighted by molar-refractivity contribution is 7.11. The maximum Gasteiger partial charge on any atom is 0.251 e. The van der Waals surface area contributed by atoms with E-state index in [2.05, 4.69) is 5.32 Å². The molecule has 1 aliphatic heterocycles. The third-order valence-electron chi connectivity index (χ3n) is 3.23. The van der Waals surface area contributed by atoms with Crippen LogP contribution in [0.15, 0.2) is 29.6 Å². The zero-order valence-corrected chi connectivity index (χ0v) is 12.3. The third kappa shape index (κ3) is 2.38. The van der Waals surface area contributed by atoms with Crippen molar-refractivity contribution in [3.05, 3.63) is 56.2 Å². The van der Waals surface area contributed by atoms with Crippen LogP contribution in [0.25, 0.3) is 0 Å². The van der Waals surface area contributed by atoms with Crippen molar-refractivity contribution < 1.29 is 4.79 Å². The van der Waals surface area contributed by atoms with Gasteiger partial charge in [0, 0.05) is 17.0 Å². The van der Waals surface area contributed by atoms with Crippen molar-refractivity contribution in [2.75, 3.05) is 6.54 Å². The molecular weight excluding hydrogens is 301 g/mol. The van der Waals surface area contributed by atoms with E-state index in [4.69, 9.17) is 23.2 Å². The van der Waals surface area contributed by atoms with Gasteiger partial charge in [0.05, 0.1) is 10.4 Å². The molecule has 0 radical (unpaired) electrons. The maximum absolute atomic E-state index is 11.8. The molecule has 0 bridgehead atoms. The van der Waals surface area contributed by atoms with Gasteiger partial charge in [-0.05, 0) is 35.1 Å². The quantitative estimate of drug-likeness (QED) is 0.834. The van der Waals surface area contributed by atoms with Gasteiger partial charge in [-0.15, -0.1) is 22.9 Å². The molecule has 5 heteroatoms. The number of amides is 1. The number of carbonyl (C=O) groups excluding carboxylic acids is 1. The second kappa shape index (κ2) is 5.16. The summed E-state index contributed by atoms with van der Waals surface area (Å²) >= 11 is 14.1. The monoisotopic (exact) mass is 311 g/mol. The lowest BCUT2D eigenvalue weighted by molar-refractivity contribution is 0.0946. The summed E-state index contributed by atoms with van der Waals surface area (Å²) in [5.41, 5.74) is 2.71. The van der Waals surface area contributed by atoms with E-state index in [9.17, 15) is 4.79 Å². The highest BCUT2D eigenvalue weighted by Gasteiger charge is 2.21. The van der Waals surface area contributed by atoms with Crippen molar-refractivity contribution >= 4 is 40.4 Å². The second-order valence-corrected chi connectivity index (χ2v) is 6.21. The molecule has 2 nitrogen and oxygen atoms in total. The van der Waals surface area contributed by atoms with Crippen LogP contribution in [0, 0.1) is 0 Å². The Balaban J connectivity index is 2.00. The minimum absolute atomic E-state index is 0.0238. The Morgan fingerprint density at radius 3 is 2.89 bits per heavy atom. The van der Waals surface area contributed by atoms with Crippen LogP contribution in [-0.2, 0) is 6.42 Å². The van der Waals surface area contributed by atoms with Crippen molar-refractivity contribution in [3.8, 4) is 0 Å². The van der Waals surface area contributed by atoms with Gasteiger partial charge in [0.15, 0.2) is 0 Å². The smallest absolute Gasteiger partial charge is 0.251 e. The Morgan fingerprint density at radius 1 is 1.32 bits per heavy atom. The first-order valence-electron chi connectivity index (χ1n) is 5.95. The molecule has 1 amide bonds. The van der Waals surface area contributed by atoms with E-state index in [0.717, 1.165) is 28.0 Å². The fraction of sp³-hybridized carbons (Fsp3) is 0.214. The van der Waals surface area contributed by atoms with Crippen LogP contribution in [0.1, 0.15) is 31.7 Å². The Bertz CT molecular complexity index is 638. The van der Waals surface area contributed by atoms with Crippen molar-refractivity contribution in [1.82, 2.24) is 5.32 Å². The molecule has 1 atom stereocenters. The molecule has 0 spiro atoms. The Kier molecular flexibility index (Phi) is 3.52. The van der Waals surface area contributed by atoms with Gasteiger partial charge in [-0.3, -0.25) is 4.79 Å². The van der Waals surface area contributed by atoms with Gasteiger partial charge < -0.3 is 5.32 Å². The molecule has 3 rings (SSSR count). The highest BCUT2D eigenvalue weighted by atomic mass is 35.5. The van der Waals surface area contributed by atoms with Crippen molar-refractivity contribution in [2.24, 2.45) is 0 Å². The maximum atomic E-state index is 11.8. The van der Waals surface area contributed by atoms with Gasteiger partial charge in [0.25, 0.3) is 5.91 Å². The Labute approximate surface area is 125 Å². The summed E-state index contributed by atoms with van der Waals surface area (Å²) in [4.78, 5) is 12.8. The second-order valence-electron chi connectivity index (χ2n) is 4.42. The van der Waals surface area contributed by atoms with Crippen LogP contribution in [0.4, 0.5) is 0 Å². The van der Waals surface area contributed by atoms with Crippen LogP contribution in [0.5, 0.6) is 0 Å². The number of fused-ring (bicyclic) bond motifs is 1. The Hall–Kier alpha value is -1.03. The van der Waals surface area contributed by atoms with Gasteiger partial charge in [0.1, 0.15) is 0 Å². The fourth-order valence-corrected chi connectivity index (χ4v) is 3.86. The molecule has 1 aromatic carbocycles. The van der Waals surface area contributed by atoms with E-state index < -0.39 is 0 Å². The predicted octanol–water partition coefficient (Wildman–Crippen LogP) is 4.02. The molecule has 1 N–H and O–H groups in total. The fourth-order valence-electron chi connectivity index (χ4n) is 2.22. The summed E-state index contributed by atoms with van der Waals surface area (Å²) < 4.78 is 0. The molecule has 98 valence electrons. The first-order valence-corrected chi connectivity index (χ1v) is 7.64. The molecule has 0 saturated heterocycles. The molecular formula is C14H11Cl2NOS. The molecule has 1 aliphatic rings. The molecule has 0 saturated carbocycles. The van der Waals surface area contributed by atoms with Gasteiger partial charge in [-0.2, -0.15) is 0 Å². The molecule has 19 heavy (non-hydrogen) atoms. The predicted molar refractivity (Wildman–Crippen MR) is 79.5 cm³/mol. The summed E-state index contributed by atoms with van der Waals surface area (Å²) in [6, 6.07) is 7.67. The first kappa shape index (κ1) is 13.0. The number of hydrogen-bond donors (Lipinski definition) is 1. The largest absolute Gasteiger partial charge is 0.352 e. The van der Waals surface area contributed by atoms with E-state index in [1.54, 1.807) is 0 Å². The van der Waals surface area contributed by atoms with Crippen molar-refractivity contribution in [3.63, 3.8) is 0 Å². The summed E-state index contributed by atoms with van der Waals surface area (Å²) in [5, 5.41) is 5.12. The van der Waals surface area contributed by atoms with E-state index >= 15 is 0 Å². The summed E-state index contributed by atoms with van der Waals surface area (Å²) in [6.07, 6.45) is 0.869. The number of hydrogen-bond acceptors (Lipinski definition) is 2. The van der Waals surface area contributed by atoms with Gasteiger partial charge in [-0.1, -0.05) is 23.7 Å². The number of halogens is 2. The topological polar surface area (TPSA) is 29.1 Å². The lowest BCUT2D eigenvalue weighted by atomic mass is 9.96. The molecule has 1 aromatic heterocycles. The van der Waals surface area contributed by atoms with Gasteiger partial charge >= 0.3 is 0 Å². The zero-order valence-electron chi connectivity index (χ0n) is 9.95. The van der Waals surface area contributed by atoms with Crippen LogP contribution >= 0.6 is 34.5 Å². The van der Waals surface area contributed by atoms with Crippen LogP contribution in [0.3, 0.4) is 0 Å². The summed E-state index contributed by atoms with van der Waals surface area (Å²) in [7, 11) is 0. The van der Waals surface area contributed by atoms with Crippen LogP contribution < -0.4 is 5.32 Å². The minimum atomic E-state index is -0.312. The van der Waals surface area contributed by atoms with Crippen LogP contribution in [-0.4, -0.2) is 12.5 Å². The van der Waals surface area contributed by atoms with E-state index in [1.807, 2.05) is 29.6 Å². The number of rotatable bonds is 2. The average Bonchev–Trinajstić information content (AvgIpc) is 2.84. The van der Waals surface area contributed by atoms with E-state index in [-0.39, 0.29) is 11.3 Å². The first-order chi connectivity index (χ1) is 9.16.